The molecule has 7 nitrogen and oxygen atoms in total. The molecule has 6 aliphatic rings. The molecule has 0 N–H and O–H groups in total. The van der Waals surface area contributed by atoms with Crippen molar-refractivity contribution in [2.24, 2.45) is 0 Å². The van der Waals surface area contributed by atoms with Crippen LogP contribution in [0.5, 0.6) is 17.2 Å². The smallest absolute Gasteiger partial charge is 0.206 e. The van der Waals surface area contributed by atoms with Crippen LogP contribution in [0.3, 0.4) is 0 Å². The number of nitrogens with zero attached hydrogens (tertiary/aromatic N) is 2. The molecule has 7 aromatic carbocycles. The van der Waals surface area contributed by atoms with Crippen LogP contribution < -0.4 is 29.5 Å². The minimum atomic E-state index is -4.85. The lowest BCUT2D eigenvalue weighted by molar-refractivity contribution is 0.413. The summed E-state index contributed by atoms with van der Waals surface area (Å²) in [4.78, 5) is 2.34. The van der Waals surface area contributed by atoms with E-state index in [1.165, 1.54) is 60.9 Å². The summed E-state index contributed by atoms with van der Waals surface area (Å²) in [5.74, 6) is 2.05. The Morgan fingerprint density at radius 2 is 1.33 bits per heavy atom. The van der Waals surface area contributed by atoms with Crippen LogP contribution >= 0.6 is 0 Å². The van der Waals surface area contributed by atoms with E-state index in [0.717, 1.165) is 139 Å². The Hall–Kier alpha value is -5.96. The van der Waals surface area contributed by atoms with Gasteiger partial charge in [-0.25, -0.2) is 13.0 Å². The fourth-order valence-corrected chi connectivity index (χ4v) is 13.4. The predicted molar refractivity (Wildman–Crippen MR) is 248 cm³/mol. The molecule has 0 fully saturated rings. The quantitative estimate of drug-likeness (QED) is 0.131. The summed E-state index contributed by atoms with van der Waals surface area (Å²) in [6, 6.07) is 32.2. The Morgan fingerprint density at radius 1 is 0.667 bits per heavy atom. The second-order valence-electron chi connectivity index (χ2n) is 18.9. The highest BCUT2D eigenvalue weighted by Gasteiger charge is 2.51. The summed E-state index contributed by atoms with van der Waals surface area (Å²) in [5.41, 5.74) is 15.0. The first-order valence-electron chi connectivity index (χ1n) is 22.8. The summed E-state index contributed by atoms with van der Waals surface area (Å²) in [7, 11) is -3.09. The average molecular weight is 849 g/mol. The first-order chi connectivity index (χ1) is 30.6. The van der Waals surface area contributed by atoms with Crippen molar-refractivity contribution in [3.63, 3.8) is 0 Å². The summed E-state index contributed by atoms with van der Waals surface area (Å²) in [5, 5.41) is 7.34. The molecule has 0 amide bonds. The lowest BCUT2D eigenvalue weighted by Crippen LogP contribution is -2.44. The number of methoxy groups -OCH3 is 1. The molecule has 1 spiro atoms. The molecular weight excluding hydrogens is 801 g/mol. The minimum Gasteiger partial charge on any atom is -0.744 e. The second kappa shape index (κ2) is 13.3. The Morgan fingerprint density at radius 3 is 2.16 bits per heavy atom. The number of fused-ring (bicyclic) bond motifs is 12. The maximum Gasteiger partial charge on any atom is 0.206 e. The summed E-state index contributed by atoms with van der Waals surface area (Å²) in [6.07, 6.45) is 8.57. The molecule has 5 heterocycles. The number of hydrogen-bond donors (Lipinski definition) is 0. The number of anilines is 1. The fourth-order valence-electron chi connectivity index (χ4n) is 12.9. The van der Waals surface area contributed by atoms with Gasteiger partial charge in [-0.2, -0.15) is 0 Å². The standard InChI is InChI=1S/C55H48N2O5S/c1-31-12-15-49(61-3)44(22-31)52-42-26-35-24-33-8-4-18-56-20-6-10-38(53(33)56)40(35)29-45(42)55(47-23-32(2)13-16-50(47)62-51-17-14-37(28-48(51)55)63(58,59)60)46-30-41-36(27-43(46)52)25-34-9-5-19-57-21-7-11-39(41)54(34)57/h12-17,22-30H,4-11,18-21H2,1-3H3. The molecule has 0 saturated heterocycles. The molecule has 7 aromatic rings. The molecule has 1 aliphatic carbocycles. The molecule has 1 atom stereocenters. The molecule has 8 heteroatoms. The van der Waals surface area contributed by atoms with E-state index < -0.39 is 15.5 Å². The SMILES string of the molecule is COc1ccc(C)cc1C1=c2cc3cc4c5c(c3cc2C2(c3cc(C)ccc3Oc3ccc(S(=O)(=O)[O-])cc32)c2cc3c6c7c(cc3cc21)CCCN7CCC6)CCC[N+]=5CCC4. The zero-order chi connectivity index (χ0) is 42.5. The highest BCUT2D eigenvalue weighted by molar-refractivity contribution is 7.85. The number of benzene rings is 7. The van der Waals surface area contributed by atoms with Crippen LogP contribution in [-0.2, 0) is 41.2 Å². The van der Waals surface area contributed by atoms with Gasteiger partial charge in [0.1, 0.15) is 40.5 Å². The third-order valence-corrected chi connectivity index (χ3v) is 16.2. The van der Waals surface area contributed by atoms with E-state index in [1.807, 2.05) is 0 Å². The summed E-state index contributed by atoms with van der Waals surface area (Å²) in [6.45, 7) is 8.52. The predicted octanol–water partition coefficient (Wildman–Crippen LogP) is 8.65. The van der Waals surface area contributed by atoms with Crippen molar-refractivity contribution in [1.82, 2.24) is 4.58 Å². The van der Waals surface area contributed by atoms with Crippen molar-refractivity contribution >= 4 is 42.9 Å². The molecule has 13 rings (SSSR count). The van der Waals surface area contributed by atoms with Gasteiger partial charge < -0.3 is 18.9 Å². The van der Waals surface area contributed by atoms with Crippen LogP contribution in [0.2, 0.25) is 0 Å². The topological polar surface area (TPSA) is 81.9 Å². The first kappa shape index (κ1) is 37.6. The van der Waals surface area contributed by atoms with E-state index in [0.29, 0.717) is 11.3 Å². The highest BCUT2D eigenvalue weighted by Crippen LogP contribution is 2.59. The highest BCUT2D eigenvalue weighted by atomic mass is 32.2. The van der Waals surface area contributed by atoms with Crippen molar-refractivity contribution in [1.29, 1.82) is 0 Å². The van der Waals surface area contributed by atoms with Crippen LogP contribution in [0.1, 0.15) is 92.4 Å². The second-order valence-corrected chi connectivity index (χ2v) is 20.3. The summed E-state index contributed by atoms with van der Waals surface area (Å²) < 4.78 is 55.2. The van der Waals surface area contributed by atoms with Crippen molar-refractivity contribution in [3.05, 3.63) is 168 Å². The Kier molecular flexibility index (Phi) is 7.93. The van der Waals surface area contributed by atoms with Crippen molar-refractivity contribution in [3.8, 4) is 17.2 Å². The van der Waals surface area contributed by atoms with Crippen molar-refractivity contribution in [2.45, 2.75) is 75.5 Å². The van der Waals surface area contributed by atoms with Gasteiger partial charge in [0.05, 0.1) is 17.4 Å². The normalized spacial score (nSPS) is 19.2. The van der Waals surface area contributed by atoms with Crippen LogP contribution in [0.4, 0.5) is 5.69 Å². The number of ether oxygens (including phenoxy) is 2. The van der Waals surface area contributed by atoms with Crippen LogP contribution in [0, 0.1) is 13.8 Å². The Bertz CT molecular complexity index is 3490. The first-order valence-corrected chi connectivity index (χ1v) is 24.2. The molecule has 0 aromatic heterocycles. The van der Waals surface area contributed by atoms with E-state index in [9.17, 15) is 13.0 Å². The van der Waals surface area contributed by atoms with E-state index >= 15 is 0 Å². The monoisotopic (exact) mass is 848 g/mol. The van der Waals surface area contributed by atoms with E-state index in [-0.39, 0.29) is 4.90 Å². The molecule has 1 unspecified atom stereocenters. The van der Waals surface area contributed by atoms with Gasteiger partial charge in [-0.3, -0.25) is 0 Å². The number of rotatable bonds is 3. The van der Waals surface area contributed by atoms with Crippen molar-refractivity contribution in [2.75, 3.05) is 38.2 Å². The molecule has 0 radical (unpaired) electrons. The summed E-state index contributed by atoms with van der Waals surface area (Å²) >= 11 is 0. The van der Waals surface area contributed by atoms with E-state index in [4.69, 9.17) is 9.47 Å². The maximum atomic E-state index is 13.2. The maximum absolute atomic E-state index is 13.2. The third-order valence-electron chi connectivity index (χ3n) is 15.3. The average Bonchev–Trinajstić information content (AvgIpc) is 3.28. The molecule has 0 saturated carbocycles. The van der Waals surface area contributed by atoms with Crippen LogP contribution in [0.25, 0.3) is 27.1 Å². The molecule has 63 heavy (non-hydrogen) atoms. The van der Waals surface area contributed by atoms with Gasteiger partial charge in [0, 0.05) is 65.0 Å². The number of aryl methyl sites for hydroxylation is 6. The lowest BCUT2D eigenvalue weighted by atomic mass is 9.58. The molecule has 5 aliphatic heterocycles. The van der Waals surface area contributed by atoms with E-state index in [2.05, 4.69) is 96.1 Å². The zero-order valence-corrected chi connectivity index (χ0v) is 36.8. The minimum absolute atomic E-state index is 0.264. The van der Waals surface area contributed by atoms with Gasteiger partial charge >= 0.3 is 0 Å². The van der Waals surface area contributed by atoms with Gasteiger partial charge in [-0.1, -0.05) is 29.3 Å². The van der Waals surface area contributed by atoms with Crippen molar-refractivity contribution < 1.29 is 22.4 Å². The van der Waals surface area contributed by atoms with Crippen LogP contribution in [-0.4, -0.2) is 46.3 Å². The van der Waals surface area contributed by atoms with E-state index in [1.54, 1.807) is 19.2 Å². The largest absolute Gasteiger partial charge is 0.744 e. The Labute approximate surface area is 367 Å². The molecule has 0 bridgehead atoms. The van der Waals surface area contributed by atoms with Gasteiger partial charge in [0.25, 0.3) is 0 Å². The lowest BCUT2D eigenvalue weighted by Gasteiger charge is -2.46. The van der Waals surface area contributed by atoms with Gasteiger partial charge in [-0.15, -0.1) is 0 Å². The van der Waals surface area contributed by atoms with Gasteiger partial charge in [-0.05, 0) is 180 Å². The Balaban J connectivity index is 1.31. The van der Waals surface area contributed by atoms with Gasteiger partial charge in [0.2, 0.25) is 5.36 Å². The molecule has 314 valence electrons. The third kappa shape index (κ3) is 5.22. The molecular formula is C55H48N2O5S. The van der Waals surface area contributed by atoms with Gasteiger partial charge in [0.15, 0.2) is 0 Å². The fraction of sp³-hybridized carbons (Fsp3) is 0.291. The number of hydrogen-bond acceptors (Lipinski definition) is 6. The van der Waals surface area contributed by atoms with Crippen LogP contribution in [0.15, 0.2) is 95.9 Å². The zero-order valence-electron chi connectivity index (χ0n) is 36.0.